The third kappa shape index (κ3) is 6.10. The number of amides is 2. The molecule has 1 unspecified atom stereocenters. The number of nitrogens with zero attached hydrogens (tertiary/aromatic N) is 1. The predicted octanol–water partition coefficient (Wildman–Crippen LogP) is -0.410. The molecule has 0 bridgehead atoms. The third-order valence-corrected chi connectivity index (χ3v) is 5.09. The highest BCUT2D eigenvalue weighted by Gasteiger charge is 2.28. The second kappa shape index (κ2) is 10.3. The smallest absolute Gasteiger partial charge is 0.310 e. The molecule has 0 saturated carbocycles. The van der Waals surface area contributed by atoms with Crippen LogP contribution < -0.4 is 10.6 Å². The normalized spacial score (nSPS) is 23.0. The van der Waals surface area contributed by atoms with Crippen LogP contribution in [0, 0.1) is 17.8 Å². The summed E-state index contributed by atoms with van der Waals surface area (Å²) in [6.45, 7) is 2.30. The number of carboxylic acid groups (broad SMARTS) is 1. The highest BCUT2D eigenvalue weighted by atomic mass is 16.4. The van der Waals surface area contributed by atoms with Gasteiger partial charge in [0.25, 0.3) is 0 Å². The molecule has 4 N–H and O–H groups in total. The van der Waals surface area contributed by atoms with Gasteiger partial charge in [0.15, 0.2) is 0 Å². The van der Waals surface area contributed by atoms with Crippen LogP contribution in [0.5, 0.6) is 0 Å². The third-order valence-electron chi connectivity index (χ3n) is 5.09. The number of hydrogen-bond donors (Lipinski definition) is 4. The van der Waals surface area contributed by atoms with Crippen molar-refractivity contribution in [1.82, 2.24) is 15.5 Å². The first-order chi connectivity index (χ1) is 12.5. The number of piperidine rings is 2. The number of aliphatic hydroxyl groups excluding tert-OH is 1. The number of hydrogen-bond acceptors (Lipinski definition) is 5. The summed E-state index contributed by atoms with van der Waals surface area (Å²) in [6, 6.07) is 0. The Morgan fingerprint density at radius 2 is 1.96 bits per heavy atom. The van der Waals surface area contributed by atoms with Crippen molar-refractivity contribution in [1.29, 1.82) is 0 Å². The molecule has 8 nitrogen and oxygen atoms in total. The van der Waals surface area contributed by atoms with Crippen molar-refractivity contribution in [2.24, 2.45) is 17.8 Å². The molecule has 0 aromatic rings. The van der Waals surface area contributed by atoms with Gasteiger partial charge in [-0.15, -0.1) is 0 Å². The van der Waals surface area contributed by atoms with Crippen LogP contribution in [0.25, 0.3) is 0 Å². The summed E-state index contributed by atoms with van der Waals surface area (Å²) in [5.41, 5.74) is 0. The van der Waals surface area contributed by atoms with Gasteiger partial charge in [0.05, 0.1) is 18.4 Å². The van der Waals surface area contributed by atoms with Gasteiger partial charge in [-0.1, -0.05) is 6.08 Å². The Kier molecular flexibility index (Phi) is 8.06. The zero-order valence-electron chi connectivity index (χ0n) is 15.0. The Hall–Kier alpha value is -1.93. The van der Waals surface area contributed by atoms with Crippen LogP contribution in [0.15, 0.2) is 12.2 Å². The van der Waals surface area contributed by atoms with E-state index in [-0.39, 0.29) is 24.3 Å². The van der Waals surface area contributed by atoms with Crippen molar-refractivity contribution in [3.8, 4) is 0 Å². The molecule has 0 radical (unpaired) electrons. The highest BCUT2D eigenvalue weighted by molar-refractivity contribution is 5.88. The summed E-state index contributed by atoms with van der Waals surface area (Å²) >= 11 is 0. The maximum atomic E-state index is 12.4. The minimum absolute atomic E-state index is 0.0696. The molecule has 2 fully saturated rings. The van der Waals surface area contributed by atoms with E-state index in [2.05, 4.69) is 10.6 Å². The first-order valence-electron chi connectivity index (χ1n) is 9.30. The average molecular weight is 367 g/mol. The van der Waals surface area contributed by atoms with E-state index in [4.69, 9.17) is 10.2 Å². The molecular formula is C18H29N3O5. The molecular weight excluding hydrogens is 338 g/mol. The number of allylic oxidation sites excluding steroid dienone is 1. The molecule has 0 aromatic heterocycles. The molecule has 0 aromatic carbocycles. The monoisotopic (exact) mass is 367 g/mol. The largest absolute Gasteiger partial charge is 0.481 e. The van der Waals surface area contributed by atoms with Crippen molar-refractivity contribution in [2.45, 2.75) is 25.7 Å². The van der Waals surface area contributed by atoms with Gasteiger partial charge < -0.3 is 25.7 Å². The van der Waals surface area contributed by atoms with Gasteiger partial charge in [0.1, 0.15) is 0 Å². The Morgan fingerprint density at radius 3 is 2.62 bits per heavy atom. The predicted molar refractivity (Wildman–Crippen MR) is 95.3 cm³/mol. The second-order valence-corrected chi connectivity index (χ2v) is 7.03. The Labute approximate surface area is 153 Å². The number of carboxylic acids is 1. The number of carbonyl (C=O) groups excluding carboxylic acids is 2. The summed E-state index contributed by atoms with van der Waals surface area (Å²) in [4.78, 5) is 37.2. The number of likely N-dealkylation sites (tertiary alicyclic amines) is 1. The lowest BCUT2D eigenvalue weighted by atomic mass is 9.96. The van der Waals surface area contributed by atoms with E-state index in [1.807, 2.05) is 6.08 Å². The molecule has 2 amide bonds. The zero-order chi connectivity index (χ0) is 18.9. The van der Waals surface area contributed by atoms with E-state index in [9.17, 15) is 14.4 Å². The number of nitrogens with one attached hydrogen (secondary N) is 2. The number of aliphatic carboxylic acids is 1. The van der Waals surface area contributed by atoms with Crippen molar-refractivity contribution in [3.63, 3.8) is 0 Å². The van der Waals surface area contributed by atoms with Crippen molar-refractivity contribution in [2.75, 3.05) is 39.3 Å². The fourth-order valence-electron chi connectivity index (χ4n) is 3.35. The minimum atomic E-state index is -1.14. The molecule has 2 aliphatic rings. The first kappa shape index (κ1) is 20.4. The maximum absolute atomic E-state index is 12.4. The van der Waals surface area contributed by atoms with Crippen LogP contribution in [0.2, 0.25) is 0 Å². The lowest BCUT2D eigenvalue weighted by Gasteiger charge is -2.31. The first-order valence-corrected chi connectivity index (χ1v) is 9.30. The van der Waals surface area contributed by atoms with Crippen LogP contribution in [-0.4, -0.2) is 72.2 Å². The van der Waals surface area contributed by atoms with Crippen molar-refractivity contribution in [3.05, 3.63) is 12.2 Å². The summed E-state index contributed by atoms with van der Waals surface area (Å²) in [5, 5.41) is 23.8. The zero-order valence-corrected chi connectivity index (χ0v) is 15.0. The molecule has 8 heteroatoms. The lowest BCUT2D eigenvalue weighted by Crippen LogP contribution is -2.46. The van der Waals surface area contributed by atoms with Gasteiger partial charge >= 0.3 is 5.97 Å². The maximum Gasteiger partial charge on any atom is 0.310 e. The van der Waals surface area contributed by atoms with E-state index >= 15 is 0 Å². The number of carbonyl (C=O) groups is 3. The van der Waals surface area contributed by atoms with Crippen molar-refractivity contribution >= 4 is 17.8 Å². The molecule has 2 saturated heterocycles. The fourth-order valence-corrected chi connectivity index (χ4v) is 3.35. The van der Waals surface area contributed by atoms with Gasteiger partial charge in [-0.2, -0.15) is 0 Å². The molecule has 2 aliphatic heterocycles. The topological polar surface area (TPSA) is 119 Å². The Balaban J connectivity index is 1.81. The molecule has 2 atom stereocenters. The quantitative estimate of drug-likeness (QED) is 0.454. The minimum Gasteiger partial charge on any atom is -0.481 e. The molecule has 0 spiro atoms. The van der Waals surface area contributed by atoms with Crippen LogP contribution in [-0.2, 0) is 14.4 Å². The van der Waals surface area contributed by atoms with E-state index in [0.717, 1.165) is 32.4 Å². The van der Waals surface area contributed by atoms with Gasteiger partial charge in [-0.05, 0) is 50.8 Å². The van der Waals surface area contributed by atoms with Gasteiger partial charge in [0, 0.05) is 19.6 Å². The van der Waals surface area contributed by atoms with E-state index in [0.29, 0.717) is 25.4 Å². The Morgan fingerprint density at radius 1 is 1.23 bits per heavy atom. The van der Waals surface area contributed by atoms with Crippen LogP contribution >= 0.6 is 0 Å². The van der Waals surface area contributed by atoms with Crippen LogP contribution in [0.1, 0.15) is 25.7 Å². The summed E-state index contributed by atoms with van der Waals surface area (Å²) in [5.74, 6) is -2.39. The van der Waals surface area contributed by atoms with Crippen molar-refractivity contribution < 1.29 is 24.6 Å². The fraction of sp³-hybridized carbons (Fsp3) is 0.722. The average Bonchev–Trinajstić information content (AvgIpc) is 2.67. The van der Waals surface area contributed by atoms with Gasteiger partial charge in [-0.3, -0.25) is 14.4 Å². The van der Waals surface area contributed by atoms with Crippen LogP contribution in [0.4, 0.5) is 0 Å². The highest BCUT2D eigenvalue weighted by Crippen LogP contribution is 2.18. The van der Waals surface area contributed by atoms with E-state index in [1.165, 1.54) is 0 Å². The molecule has 2 heterocycles. The molecule has 2 rings (SSSR count). The molecule has 0 aliphatic carbocycles. The summed E-state index contributed by atoms with van der Waals surface area (Å²) < 4.78 is 0. The lowest BCUT2D eigenvalue weighted by molar-refractivity contribution is -0.143. The van der Waals surface area contributed by atoms with Crippen LogP contribution in [0.3, 0.4) is 0 Å². The SMILES string of the molecule is O=C(O)C(CO)CNC(=O)[C@@H]1CCCN(C(=O)/C=C/C2CCNCC2)C1. The Bertz CT molecular complexity index is 531. The molecule has 26 heavy (non-hydrogen) atoms. The second-order valence-electron chi connectivity index (χ2n) is 7.03. The van der Waals surface area contributed by atoms with E-state index < -0.39 is 18.5 Å². The van der Waals surface area contributed by atoms with Gasteiger partial charge in [-0.25, -0.2) is 0 Å². The van der Waals surface area contributed by atoms with Gasteiger partial charge in [0.2, 0.25) is 11.8 Å². The number of aliphatic hydroxyl groups is 1. The van der Waals surface area contributed by atoms with E-state index in [1.54, 1.807) is 11.0 Å². The molecule has 146 valence electrons. The summed E-state index contributed by atoms with van der Waals surface area (Å²) in [6.07, 6.45) is 7.08. The standard InChI is InChI=1S/C18H29N3O5/c22-12-15(18(25)26)10-20-17(24)14-2-1-9-21(11-14)16(23)4-3-13-5-7-19-8-6-13/h3-4,13-15,19,22H,1-2,5-12H2,(H,20,24)(H,25,26)/b4-3+/t14-,15?/m1/s1. The number of rotatable bonds is 7. The summed E-state index contributed by atoms with van der Waals surface area (Å²) in [7, 11) is 0.